The predicted octanol–water partition coefficient (Wildman–Crippen LogP) is 17.2. The summed E-state index contributed by atoms with van der Waals surface area (Å²) in [6.45, 7) is 0. The van der Waals surface area contributed by atoms with Crippen LogP contribution in [0.25, 0.3) is 128 Å². The Hall–Kier alpha value is -6.84. The summed E-state index contributed by atoms with van der Waals surface area (Å²) in [5, 5.41) is 18.3. The summed E-state index contributed by atoms with van der Waals surface area (Å²) in [4.78, 5) is 0. The number of thiophene rings is 2. The molecule has 13 rings (SSSR count). The lowest BCUT2D eigenvalue weighted by atomic mass is 9.83. The van der Waals surface area contributed by atoms with E-state index in [1.165, 1.54) is 128 Å². The van der Waals surface area contributed by atoms with Gasteiger partial charge in [0.05, 0.1) is 0 Å². The van der Waals surface area contributed by atoms with Gasteiger partial charge in [0.1, 0.15) is 0 Å². The van der Waals surface area contributed by atoms with Crippen LogP contribution in [-0.4, -0.2) is 0 Å². The molecule has 0 aliphatic heterocycles. The highest BCUT2D eigenvalue weighted by atomic mass is 32.1. The number of fused-ring (bicyclic) bond motifs is 13. The minimum Gasteiger partial charge on any atom is -0.135 e. The van der Waals surface area contributed by atoms with Crippen LogP contribution in [0.5, 0.6) is 0 Å². The van der Waals surface area contributed by atoms with E-state index in [2.05, 4.69) is 194 Å². The summed E-state index contributed by atoms with van der Waals surface area (Å²) >= 11 is 3.82. The van der Waals surface area contributed by atoms with Crippen molar-refractivity contribution in [1.82, 2.24) is 0 Å². The SMILES string of the molecule is c1ccc2c(-c3c4ccccc4c(-c4ccc(-c5ccc6c(c5)sc5ccc7c(ccc8c9ccccc9sc87)c56)c5ccccc45)c4ccccc34)cccc2c1. The van der Waals surface area contributed by atoms with Gasteiger partial charge in [0.25, 0.3) is 0 Å². The van der Waals surface area contributed by atoms with Gasteiger partial charge in [-0.25, -0.2) is 0 Å². The van der Waals surface area contributed by atoms with Crippen molar-refractivity contribution >= 4 is 117 Å². The highest BCUT2D eigenvalue weighted by molar-refractivity contribution is 7.27. The van der Waals surface area contributed by atoms with E-state index in [1.54, 1.807) is 0 Å². The molecule has 0 aliphatic carbocycles. The van der Waals surface area contributed by atoms with Gasteiger partial charge < -0.3 is 0 Å². The first-order chi connectivity index (χ1) is 28.8. The van der Waals surface area contributed by atoms with Gasteiger partial charge in [0.2, 0.25) is 0 Å². The Morgan fingerprint density at radius 3 is 1.52 bits per heavy atom. The fourth-order valence-corrected chi connectivity index (χ4v) is 12.3. The van der Waals surface area contributed by atoms with E-state index in [0.29, 0.717) is 0 Å². The van der Waals surface area contributed by atoms with Crippen LogP contribution in [-0.2, 0) is 0 Å². The lowest BCUT2D eigenvalue weighted by Gasteiger charge is -2.20. The van der Waals surface area contributed by atoms with E-state index in [4.69, 9.17) is 0 Å². The minimum absolute atomic E-state index is 1.25. The zero-order valence-electron chi connectivity index (χ0n) is 31.3. The van der Waals surface area contributed by atoms with Crippen LogP contribution in [0.3, 0.4) is 0 Å². The largest absolute Gasteiger partial charge is 0.135 e. The molecular formula is C56H32S2. The van der Waals surface area contributed by atoms with Crippen molar-refractivity contribution in [3.8, 4) is 33.4 Å². The Balaban J connectivity index is 1.01. The lowest BCUT2D eigenvalue weighted by molar-refractivity contribution is 1.67. The topological polar surface area (TPSA) is 0 Å². The van der Waals surface area contributed by atoms with Crippen LogP contribution in [0.15, 0.2) is 194 Å². The third kappa shape index (κ3) is 4.56. The van der Waals surface area contributed by atoms with Gasteiger partial charge in [0.15, 0.2) is 0 Å². The Labute approximate surface area is 342 Å². The summed E-state index contributed by atoms with van der Waals surface area (Å²) in [5.74, 6) is 0. The van der Waals surface area contributed by atoms with Crippen LogP contribution in [0, 0.1) is 0 Å². The molecule has 0 N–H and O–H groups in total. The number of hydrogen-bond acceptors (Lipinski definition) is 2. The van der Waals surface area contributed by atoms with Crippen LogP contribution in [0.2, 0.25) is 0 Å². The predicted molar refractivity (Wildman–Crippen MR) is 256 cm³/mol. The van der Waals surface area contributed by atoms with Crippen molar-refractivity contribution in [2.75, 3.05) is 0 Å². The normalized spacial score (nSPS) is 12.1. The monoisotopic (exact) mass is 768 g/mol. The van der Waals surface area contributed by atoms with E-state index in [-0.39, 0.29) is 0 Å². The first-order valence-corrected chi connectivity index (χ1v) is 21.6. The number of hydrogen-bond donors (Lipinski definition) is 0. The third-order valence-corrected chi connectivity index (χ3v) is 14.8. The fourth-order valence-electron chi connectivity index (χ4n) is 9.95. The van der Waals surface area contributed by atoms with Gasteiger partial charge in [0, 0.05) is 45.7 Å². The van der Waals surface area contributed by atoms with E-state index < -0.39 is 0 Å². The van der Waals surface area contributed by atoms with Gasteiger partial charge in [-0.05, 0) is 100 Å². The first-order valence-electron chi connectivity index (χ1n) is 19.9. The molecule has 11 aromatic carbocycles. The summed E-state index contributed by atoms with van der Waals surface area (Å²) in [6, 6.07) is 72.6. The second-order valence-electron chi connectivity index (χ2n) is 15.5. The third-order valence-electron chi connectivity index (χ3n) is 12.5. The van der Waals surface area contributed by atoms with Crippen LogP contribution in [0.4, 0.5) is 0 Å². The molecule has 2 aromatic heterocycles. The van der Waals surface area contributed by atoms with Crippen molar-refractivity contribution in [1.29, 1.82) is 0 Å². The summed E-state index contributed by atoms with van der Waals surface area (Å²) in [6.07, 6.45) is 0. The molecule has 0 aliphatic rings. The quantitative estimate of drug-likeness (QED) is 0.157. The molecule has 0 saturated heterocycles. The first kappa shape index (κ1) is 32.3. The average Bonchev–Trinajstić information content (AvgIpc) is 3.86. The van der Waals surface area contributed by atoms with Crippen molar-refractivity contribution in [2.45, 2.75) is 0 Å². The average molecular weight is 769 g/mol. The highest BCUT2D eigenvalue weighted by Gasteiger charge is 2.21. The molecule has 268 valence electrons. The minimum atomic E-state index is 1.25. The van der Waals surface area contributed by atoms with Gasteiger partial charge in [-0.3, -0.25) is 0 Å². The van der Waals surface area contributed by atoms with E-state index in [1.807, 2.05) is 22.7 Å². The van der Waals surface area contributed by atoms with Crippen LogP contribution in [0.1, 0.15) is 0 Å². The molecular weight excluding hydrogens is 737 g/mol. The van der Waals surface area contributed by atoms with E-state index in [9.17, 15) is 0 Å². The number of rotatable bonds is 3. The second-order valence-corrected chi connectivity index (χ2v) is 17.6. The molecule has 0 saturated carbocycles. The maximum atomic E-state index is 2.43. The van der Waals surface area contributed by atoms with Crippen LogP contribution < -0.4 is 0 Å². The Bertz CT molecular complexity index is 3800. The molecule has 13 aromatic rings. The van der Waals surface area contributed by atoms with Gasteiger partial charge >= 0.3 is 0 Å². The second kappa shape index (κ2) is 12.3. The molecule has 0 fully saturated rings. The molecule has 0 spiro atoms. The molecule has 58 heavy (non-hydrogen) atoms. The van der Waals surface area contributed by atoms with Crippen molar-refractivity contribution in [2.24, 2.45) is 0 Å². The standard InChI is InChI=1S/C56H32S2/c1-2-14-35-33(12-1)13-11-22-40(35)53-41-18-5-7-20-43(41)54(44-21-8-6-19-42(44)53)45-27-26-36(37-15-3-4-16-38(37)45)34-24-25-49-52(32-34)57-51-31-30-48-46(55(49)51)28-29-47-39-17-9-10-23-50(39)58-56(47)48/h1-32H. The highest BCUT2D eigenvalue weighted by Crippen LogP contribution is 2.49. The summed E-state index contributed by atoms with van der Waals surface area (Å²) < 4.78 is 5.39. The van der Waals surface area contributed by atoms with Gasteiger partial charge in [-0.1, -0.05) is 176 Å². The molecule has 0 amide bonds. The smallest absolute Gasteiger partial charge is 0.0434 e. The van der Waals surface area contributed by atoms with Crippen LogP contribution >= 0.6 is 22.7 Å². The lowest BCUT2D eigenvalue weighted by Crippen LogP contribution is -1.93. The number of benzene rings is 11. The Kier molecular flexibility index (Phi) is 6.86. The summed E-state index contributed by atoms with van der Waals surface area (Å²) in [7, 11) is 0. The zero-order valence-corrected chi connectivity index (χ0v) is 32.9. The van der Waals surface area contributed by atoms with Crippen molar-refractivity contribution in [3.63, 3.8) is 0 Å². The maximum absolute atomic E-state index is 2.43. The van der Waals surface area contributed by atoms with Crippen molar-refractivity contribution in [3.05, 3.63) is 194 Å². The van der Waals surface area contributed by atoms with Gasteiger partial charge in [-0.15, -0.1) is 22.7 Å². The summed E-state index contributed by atoms with van der Waals surface area (Å²) in [5.41, 5.74) is 7.63. The van der Waals surface area contributed by atoms with Gasteiger partial charge in [-0.2, -0.15) is 0 Å². The van der Waals surface area contributed by atoms with E-state index in [0.717, 1.165) is 0 Å². The molecule has 0 bridgehead atoms. The fraction of sp³-hybridized carbons (Fsp3) is 0. The Morgan fingerprint density at radius 2 is 0.776 bits per heavy atom. The zero-order chi connectivity index (χ0) is 37.9. The molecule has 0 nitrogen and oxygen atoms in total. The molecule has 2 heteroatoms. The maximum Gasteiger partial charge on any atom is 0.0434 e. The van der Waals surface area contributed by atoms with E-state index >= 15 is 0 Å². The molecule has 0 unspecified atom stereocenters. The molecule has 0 radical (unpaired) electrons. The molecule has 2 heterocycles. The molecule has 0 atom stereocenters. The van der Waals surface area contributed by atoms with Crippen molar-refractivity contribution < 1.29 is 0 Å². The Morgan fingerprint density at radius 1 is 0.259 bits per heavy atom.